The normalized spacial score (nSPS) is 22.7. The van der Waals surface area contributed by atoms with Crippen LogP contribution in [0.25, 0.3) is 0 Å². The average molecular weight is 472 g/mol. The lowest BCUT2D eigenvalue weighted by Gasteiger charge is -2.50. The van der Waals surface area contributed by atoms with Crippen molar-refractivity contribution in [3.63, 3.8) is 0 Å². The number of hydrogen-bond acceptors (Lipinski definition) is 7. The molecule has 2 fully saturated rings. The van der Waals surface area contributed by atoms with Crippen molar-refractivity contribution in [3.8, 4) is 0 Å². The molecule has 2 aliphatic heterocycles. The third kappa shape index (κ3) is 6.81. The van der Waals surface area contributed by atoms with Gasteiger partial charge in [-0.25, -0.2) is 19.2 Å². The largest absolute Gasteiger partial charge is 0.490 e. The summed E-state index contributed by atoms with van der Waals surface area (Å²) in [4.78, 5) is 23.6. The summed E-state index contributed by atoms with van der Waals surface area (Å²) >= 11 is 0. The van der Waals surface area contributed by atoms with Crippen molar-refractivity contribution in [2.75, 3.05) is 31.2 Å². The number of ether oxygens (including phenoxy) is 2. The third-order valence-electron chi connectivity index (χ3n) is 5.49. The molecular weight excluding hydrogens is 448 g/mol. The van der Waals surface area contributed by atoms with Crippen LogP contribution < -0.4 is 4.90 Å². The number of carboxylic acid groups (broad SMARTS) is 1. The Morgan fingerprint density at radius 2 is 2.00 bits per heavy atom. The van der Waals surface area contributed by atoms with Crippen LogP contribution in [0.15, 0.2) is 36.8 Å². The Morgan fingerprint density at radius 1 is 1.27 bits per heavy atom. The fourth-order valence-corrected chi connectivity index (χ4v) is 3.98. The molecule has 0 saturated carbocycles. The van der Waals surface area contributed by atoms with Crippen molar-refractivity contribution in [2.24, 2.45) is 5.41 Å². The van der Waals surface area contributed by atoms with E-state index in [1.807, 2.05) is 18.2 Å². The molecule has 2 aromatic heterocycles. The highest BCUT2D eigenvalue weighted by molar-refractivity contribution is 5.73. The van der Waals surface area contributed by atoms with E-state index in [2.05, 4.69) is 19.9 Å². The monoisotopic (exact) mass is 472 g/mol. The molecule has 4 rings (SSSR count). The van der Waals surface area contributed by atoms with Gasteiger partial charge >= 0.3 is 12.1 Å². The zero-order valence-corrected chi connectivity index (χ0v) is 17.7. The lowest BCUT2D eigenvalue weighted by atomic mass is 9.73. The molecule has 0 bridgehead atoms. The number of carbonyl (C=O) groups is 1. The summed E-state index contributed by atoms with van der Waals surface area (Å²) in [6.07, 6.45) is 2.26. The Bertz CT molecular complexity index is 901. The van der Waals surface area contributed by atoms with E-state index >= 15 is 0 Å². The molecular formula is C21H24F4N4O4. The zero-order valence-electron chi connectivity index (χ0n) is 17.7. The third-order valence-corrected chi connectivity index (χ3v) is 5.49. The van der Waals surface area contributed by atoms with E-state index in [9.17, 15) is 17.6 Å². The van der Waals surface area contributed by atoms with Crippen LogP contribution in [0, 0.1) is 11.2 Å². The number of halogens is 4. The number of hydrogen-bond donors (Lipinski definition) is 1. The molecule has 0 aliphatic carbocycles. The lowest BCUT2D eigenvalue weighted by Crippen LogP contribution is -2.57. The average Bonchev–Trinajstić information content (AvgIpc) is 2.79. The van der Waals surface area contributed by atoms with Gasteiger partial charge in [-0.15, -0.1) is 0 Å². The van der Waals surface area contributed by atoms with Gasteiger partial charge in [-0.1, -0.05) is 6.07 Å². The molecule has 8 nitrogen and oxygen atoms in total. The molecule has 2 aliphatic rings. The first-order chi connectivity index (χ1) is 15.7. The van der Waals surface area contributed by atoms with Gasteiger partial charge in [-0.3, -0.25) is 4.98 Å². The maximum absolute atomic E-state index is 13.1. The van der Waals surface area contributed by atoms with E-state index in [0.29, 0.717) is 19.2 Å². The summed E-state index contributed by atoms with van der Waals surface area (Å²) in [6.45, 7) is 3.46. The molecule has 12 heteroatoms. The van der Waals surface area contributed by atoms with E-state index in [0.717, 1.165) is 44.7 Å². The van der Waals surface area contributed by atoms with Crippen molar-refractivity contribution in [3.05, 3.63) is 48.3 Å². The van der Waals surface area contributed by atoms with E-state index in [1.54, 1.807) is 6.20 Å². The van der Waals surface area contributed by atoms with Crippen molar-refractivity contribution < 1.29 is 36.9 Å². The van der Waals surface area contributed by atoms with Gasteiger partial charge < -0.3 is 19.5 Å². The van der Waals surface area contributed by atoms with Crippen molar-refractivity contribution in [2.45, 2.75) is 38.1 Å². The first-order valence-electron chi connectivity index (χ1n) is 10.3. The number of carboxylic acids is 1. The van der Waals surface area contributed by atoms with Gasteiger partial charge in [0, 0.05) is 31.3 Å². The molecule has 2 aromatic rings. The molecule has 1 N–H and O–H groups in total. The molecule has 33 heavy (non-hydrogen) atoms. The molecule has 0 amide bonds. The fraction of sp³-hybridized carbons (Fsp3) is 0.524. The molecule has 2 saturated heterocycles. The molecule has 2 atom stereocenters. The summed E-state index contributed by atoms with van der Waals surface area (Å²) < 4.78 is 57.0. The molecule has 0 radical (unpaired) electrons. The second kappa shape index (κ2) is 10.8. The quantitative estimate of drug-likeness (QED) is 0.663. The molecule has 4 heterocycles. The number of fused-ring (bicyclic) bond motifs is 1. The van der Waals surface area contributed by atoms with E-state index in [4.69, 9.17) is 19.4 Å². The highest BCUT2D eigenvalue weighted by atomic mass is 19.4. The number of rotatable bonds is 5. The summed E-state index contributed by atoms with van der Waals surface area (Å²) in [5.41, 5.74) is 0.829. The van der Waals surface area contributed by atoms with Crippen LogP contribution in [0.3, 0.4) is 0 Å². The van der Waals surface area contributed by atoms with Crippen LogP contribution in [0.5, 0.6) is 0 Å². The van der Waals surface area contributed by atoms with E-state index in [-0.39, 0.29) is 11.5 Å². The van der Waals surface area contributed by atoms with Crippen molar-refractivity contribution in [1.82, 2.24) is 15.0 Å². The first-order valence-corrected chi connectivity index (χ1v) is 10.3. The summed E-state index contributed by atoms with van der Waals surface area (Å²) in [6, 6.07) is 5.83. The van der Waals surface area contributed by atoms with Gasteiger partial charge in [0.25, 0.3) is 0 Å². The number of piperidine rings is 1. The van der Waals surface area contributed by atoms with Crippen LogP contribution in [0.4, 0.5) is 23.5 Å². The van der Waals surface area contributed by atoms with Crippen LogP contribution in [0.2, 0.25) is 0 Å². The zero-order chi connectivity index (χ0) is 23.9. The Balaban J connectivity index is 0.000000383. The molecule has 180 valence electrons. The van der Waals surface area contributed by atoms with Gasteiger partial charge in [0.05, 0.1) is 37.4 Å². The van der Waals surface area contributed by atoms with E-state index in [1.165, 1.54) is 12.4 Å². The van der Waals surface area contributed by atoms with Crippen LogP contribution in [0.1, 0.15) is 25.0 Å². The minimum atomic E-state index is -5.08. The topological polar surface area (TPSA) is 97.7 Å². The van der Waals surface area contributed by atoms with Crippen LogP contribution in [-0.4, -0.2) is 64.6 Å². The number of pyridine rings is 1. The molecule has 2 unspecified atom stereocenters. The van der Waals surface area contributed by atoms with Crippen LogP contribution >= 0.6 is 0 Å². The van der Waals surface area contributed by atoms with Crippen molar-refractivity contribution >= 4 is 11.9 Å². The summed E-state index contributed by atoms with van der Waals surface area (Å²) in [5.74, 6) is -2.61. The standard InChI is InChI=1S/C19H23FN4O2.C2HF3O2/c20-15-10-22-18(23-11-15)24-8-5-17-19(13-24,6-3-9-26-17)14-25-12-16-4-1-2-7-21-16;3-2(4,5)1(6)7/h1-2,4,7,10-11,17H,3,5-6,8-9,12-14H2;(H,6,7). The van der Waals surface area contributed by atoms with Gasteiger partial charge in [-0.05, 0) is 31.4 Å². The van der Waals surface area contributed by atoms with Gasteiger partial charge in [0.1, 0.15) is 0 Å². The Morgan fingerprint density at radius 3 is 2.64 bits per heavy atom. The first kappa shape index (κ1) is 24.8. The summed E-state index contributed by atoms with van der Waals surface area (Å²) in [7, 11) is 0. The Hall–Kier alpha value is -2.86. The van der Waals surface area contributed by atoms with E-state index < -0.39 is 18.0 Å². The maximum Gasteiger partial charge on any atom is 0.490 e. The lowest BCUT2D eigenvalue weighted by molar-refractivity contribution is -0.192. The summed E-state index contributed by atoms with van der Waals surface area (Å²) in [5, 5.41) is 7.12. The Labute approximate surface area is 187 Å². The Kier molecular flexibility index (Phi) is 8.14. The minimum absolute atomic E-state index is 0.0942. The predicted octanol–water partition coefficient (Wildman–Crippen LogP) is 3.24. The molecule has 0 spiro atoms. The smallest absolute Gasteiger partial charge is 0.475 e. The maximum atomic E-state index is 13.1. The number of nitrogens with zero attached hydrogens (tertiary/aromatic N) is 4. The van der Waals surface area contributed by atoms with Gasteiger partial charge in [0.2, 0.25) is 5.95 Å². The molecule has 0 aromatic carbocycles. The number of anilines is 1. The number of aliphatic carboxylic acids is 1. The highest BCUT2D eigenvalue weighted by Crippen LogP contribution is 2.41. The fourth-order valence-electron chi connectivity index (χ4n) is 3.98. The minimum Gasteiger partial charge on any atom is -0.475 e. The SMILES string of the molecule is Fc1cnc(N2CCC3OCCCC3(COCc3ccccn3)C2)nc1.O=C(O)C(F)(F)F. The highest BCUT2D eigenvalue weighted by Gasteiger charge is 2.46. The number of aromatic nitrogens is 3. The second-order valence-electron chi connectivity index (χ2n) is 7.85. The van der Waals surface area contributed by atoms with Crippen LogP contribution in [-0.2, 0) is 20.9 Å². The predicted molar refractivity (Wildman–Crippen MR) is 108 cm³/mol. The van der Waals surface area contributed by atoms with Crippen molar-refractivity contribution in [1.29, 1.82) is 0 Å². The van der Waals surface area contributed by atoms with Gasteiger partial charge in [0.15, 0.2) is 5.82 Å². The number of alkyl halides is 3. The van der Waals surface area contributed by atoms with Gasteiger partial charge in [-0.2, -0.15) is 13.2 Å². The second-order valence-corrected chi connectivity index (χ2v) is 7.85.